The number of hydrogen-bond donors (Lipinski definition) is 4. The zero-order chi connectivity index (χ0) is 24.1. The SMILES string of the molecule is C[C@H](CC(=O)N[C@@H]1CC[C@@H](NC(=O)c2cc(C3CC3)on2)[C@@H](Cc2ccccc2)C1)NC(=O)O. The van der Waals surface area contributed by atoms with Crippen LogP contribution in [0.5, 0.6) is 0 Å². The average molecular weight is 469 g/mol. The van der Waals surface area contributed by atoms with E-state index in [4.69, 9.17) is 9.63 Å². The summed E-state index contributed by atoms with van der Waals surface area (Å²) in [5.74, 6) is 0.906. The third kappa shape index (κ3) is 6.59. The highest BCUT2D eigenvalue weighted by Gasteiger charge is 2.34. The van der Waals surface area contributed by atoms with Gasteiger partial charge in [-0.15, -0.1) is 0 Å². The lowest BCUT2D eigenvalue weighted by molar-refractivity contribution is -0.122. The highest BCUT2D eigenvalue weighted by molar-refractivity contribution is 5.92. The lowest BCUT2D eigenvalue weighted by Gasteiger charge is -2.37. The number of nitrogens with one attached hydrogen (secondary N) is 3. The van der Waals surface area contributed by atoms with Crippen molar-refractivity contribution in [2.45, 2.75) is 75.9 Å². The van der Waals surface area contributed by atoms with Gasteiger partial charge in [-0.25, -0.2) is 4.79 Å². The minimum Gasteiger partial charge on any atom is -0.465 e. The minimum atomic E-state index is -1.14. The van der Waals surface area contributed by atoms with Gasteiger partial charge < -0.3 is 25.6 Å². The molecule has 34 heavy (non-hydrogen) atoms. The first-order chi connectivity index (χ1) is 16.4. The molecule has 0 aliphatic heterocycles. The van der Waals surface area contributed by atoms with Gasteiger partial charge in [-0.05, 0) is 56.9 Å². The van der Waals surface area contributed by atoms with Gasteiger partial charge in [-0.3, -0.25) is 9.59 Å². The van der Waals surface area contributed by atoms with Gasteiger partial charge in [0.1, 0.15) is 5.76 Å². The van der Waals surface area contributed by atoms with Gasteiger partial charge in [0.25, 0.3) is 5.91 Å². The lowest BCUT2D eigenvalue weighted by atomic mass is 9.78. The van der Waals surface area contributed by atoms with Gasteiger partial charge in [0.2, 0.25) is 5.91 Å². The Morgan fingerprint density at radius 3 is 2.59 bits per heavy atom. The van der Waals surface area contributed by atoms with Crippen LogP contribution in [0.15, 0.2) is 40.9 Å². The molecule has 0 saturated heterocycles. The van der Waals surface area contributed by atoms with Crippen molar-refractivity contribution in [2.75, 3.05) is 0 Å². The molecule has 1 aromatic carbocycles. The van der Waals surface area contributed by atoms with Gasteiger partial charge in [0.05, 0.1) is 0 Å². The summed E-state index contributed by atoms with van der Waals surface area (Å²) in [7, 11) is 0. The first kappa shape index (κ1) is 23.8. The summed E-state index contributed by atoms with van der Waals surface area (Å²) >= 11 is 0. The van der Waals surface area contributed by atoms with Crippen LogP contribution >= 0.6 is 0 Å². The maximum absolute atomic E-state index is 12.9. The Kier molecular flexibility index (Phi) is 7.49. The molecule has 9 nitrogen and oxygen atoms in total. The van der Waals surface area contributed by atoms with Crippen LogP contribution in [0.1, 0.15) is 73.2 Å². The maximum atomic E-state index is 12.9. The van der Waals surface area contributed by atoms with Crippen molar-refractivity contribution in [1.29, 1.82) is 0 Å². The topological polar surface area (TPSA) is 134 Å². The Hall–Kier alpha value is -3.36. The van der Waals surface area contributed by atoms with Crippen LogP contribution in [-0.4, -0.2) is 46.3 Å². The molecule has 4 rings (SSSR count). The van der Waals surface area contributed by atoms with Crippen LogP contribution in [0.2, 0.25) is 0 Å². The number of aromatic nitrogens is 1. The number of rotatable bonds is 9. The van der Waals surface area contributed by atoms with Crippen molar-refractivity contribution in [2.24, 2.45) is 5.92 Å². The van der Waals surface area contributed by atoms with Crippen molar-refractivity contribution in [3.05, 3.63) is 53.4 Å². The molecule has 182 valence electrons. The molecule has 9 heteroatoms. The maximum Gasteiger partial charge on any atom is 0.404 e. The highest BCUT2D eigenvalue weighted by atomic mass is 16.5. The van der Waals surface area contributed by atoms with E-state index < -0.39 is 12.1 Å². The van der Waals surface area contributed by atoms with Gasteiger partial charge >= 0.3 is 6.09 Å². The van der Waals surface area contributed by atoms with Crippen LogP contribution < -0.4 is 16.0 Å². The fourth-order valence-corrected chi connectivity index (χ4v) is 4.75. The standard InChI is InChI=1S/C25H32N4O5/c1-15(26-25(32)33)11-23(30)27-19-9-10-20(18(13-19)12-16-5-3-2-4-6-16)28-24(31)21-14-22(34-29-21)17-7-8-17/h2-6,14-15,17-20,26H,7-13H2,1H3,(H,27,30)(H,28,31)(H,32,33)/t15-,18+,19-,20-/m1/s1. The zero-order valence-electron chi connectivity index (χ0n) is 19.3. The van der Waals surface area contributed by atoms with Crippen molar-refractivity contribution >= 4 is 17.9 Å². The van der Waals surface area contributed by atoms with E-state index in [0.29, 0.717) is 11.6 Å². The molecular formula is C25H32N4O5. The highest BCUT2D eigenvalue weighted by Crippen LogP contribution is 2.40. The zero-order valence-corrected chi connectivity index (χ0v) is 19.3. The Bertz CT molecular complexity index is 1000. The first-order valence-corrected chi connectivity index (χ1v) is 12.0. The minimum absolute atomic E-state index is 0.0279. The van der Waals surface area contributed by atoms with Crippen LogP contribution in [0.25, 0.3) is 0 Å². The molecule has 2 aromatic rings. The van der Waals surface area contributed by atoms with Crippen LogP contribution in [0.4, 0.5) is 4.79 Å². The van der Waals surface area contributed by atoms with Crippen molar-refractivity contribution in [3.8, 4) is 0 Å². The van der Waals surface area contributed by atoms with E-state index in [1.165, 1.54) is 5.56 Å². The Morgan fingerprint density at radius 2 is 1.88 bits per heavy atom. The summed E-state index contributed by atoms with van der Waals surface area (Å²) in [6.07, 6.45) is 4.06. The molecule has 0 radical (unpaired) electrons. The molecule has 0 spiro atoms. The fraction of sp³-hybridized carbons (Fsp3) is 0.520. The summed E-state index contributed by atoms with van der Waals surface area (Å²) in [6.45, 7) is 1.66. The van der Waals surface area contributed by atoms with Crippen molar-refractivity contribution in [3.63, 3.8) is 0 Å². The Labute approximate surface area is 198 Å². The summed E-state index contributed by atoms with van der Waals surface area (Å²) in [5.41, 5.74) is 1.49. The molecule has 2 aliphatic rings. The summed E-state index contributed by atoms with van der Waals surface area (Å²) in [6, 6.07) is 11.3. The molecule has 1 heterocycles. The monoisotopic (exact) mass is 468 g/mol. The van der Waals surface area contributed by atoms with Crippen LogP contribution in [0, 0.1) is 5.92 Å². The Balaban J connectivity index is 1.38. The molecule has 2 saturated carbocycles. The summed E-state index contributed by atoms with van der Waals surface area (Å²) < 4.78 is 5.34. The second-order valence-electron chi connectivity index (χ2n) is 9.55. The smallest absolute Gasteiger partial charge is 0.404 e. The number of benzene rings is 1. The van der Waals surface area contributed by atoms with Crippen molar-refractivity contribution in [1.82, 2.24) is 21.1 Å². The third-order valence-electron chi connectivity index (χ3n) is 6.61. The van der Waals surface area contributed by atoms with Gasteiger partial charge in [-0.1, -0.05) is 35.5 Å². The largest absolute Gasteiger partial charge is 0.465 e. The predicted octanol–water partition coefficient (Wildman–Crippen LogP) is 3.22. The van der Waals surface area contributed by atoms with E-state index in [-0.39, 0.29) is 36.2 Å². The van der Waals surface area contributed by atoms with E-state index in [0.717, 1.165) is 44.3 Å². The van der Waals surface area contributed by atoms with Gasteiger partial charge in [0, 0.05) is 36.5 Å². The number of hydrogen-bond acceptors (Lipinski definition) is 5. The molecule has 0 bridgehead atoms. The summed E-state index contributed by atoms with van der Waals surface area (Å²) in [5, 5.41) is 21.3. The van der Waals surface area contributed by atoms with Gasteiger partial charge in [-0.2, -0.15) is 0 Å². The molecular weight excluding hydrogens is 436 g/mol. The molecule has 4 N–H and O–H groups in total. The molecule has 4 atom stereocenters. The van der Waals surface area contributed by atoms with Crippen molar-refractivity contribution < 1.29 is 24.0 Å². The molecule has 3 amide bonds. The average Bonchev–Trinajstić information content (AvgIpc) is 3.51. The normalized spacial score (nSPS) is 23.0. The number of nitrogens with zero attached hydrogens (tertiary/aromatic N) is 1. The summed E-state index contributed by atoms with van der Waals surface area (Å²) in [4.78, 5) is 36.1. The van der Waals surface area contributed by atoms with Gasteiger partial charge in [0.15, 0.2) is 5.69 Å². The number of amides is 3. The fourth-order valence-electron chi connectivity index (χ4n) is 4.75. The first-order valence-electron chi connectivity index (χ1n) is 12.0. The quantitative estimate of drug-likeness (QED) is 0.447. The second kappa shape index (κ2) is 10.7. The lowest BCUT2D eigenvalue weighted by Crippen LogP contribution is -2.50. The second-order valence-corrected chi connectivity index (χ2v) is 9.55. The van der Waals surface area contributed by atoms with E-state index in [2.05, 4.69) is 33.2 Å². The molecule has 1 aromatic heterocycles. The van der Waals surface area contributed by atoms with Crippen LogP contribution in [-0.2, 0) is 11.2 Å². The predicted molar refractivity (Wildman–Crippen MR) is 124 cm³/mol. The van der Waals surface area contributed by atoms with E-state index in [1.54, 1.807) is 13.0 Å². The molecule has 2 fully saturated rings. The van der Waals surface area contributed by atoms with Crippen LogP contribution in [0.3, 0.4) is 0 Å². The number of carboxylic acid groups (broad SMARTS) is 1. The number of carbonyl (C=O) groups is 3. The third-order valence-corrected chi connectivity index (χ3v) is 6.61. The Morgan fingerprint density at radius 1 is 1.12 bits per heavy atom. The van der Waals surface area contributed by atoms with E-state index >= 15 is 0 Å². The molecule has 0 unspecified atom stereocenters. The molecule has 2 aliphatic carbocycles. The van der Waals surface area contributed by atoms with E-state index in [1.807, 2.05) is 18.2 Å². The number of carbonyl (C=O) groups excluding carboxylic acids is 2. The van der Waals surface area contributed by atoms with E-state index in [9.17, 15) is 14.4 Å².